The van der Waals surface area contributed by atoms with Gasteiger partial charge in [0, 0.05) is 24.7 Å². The van der Waals surface area contributed by atoms with Crippen molar-refractivity contribution in [1.29, 1.82) is 5.41 Å². The number of hydrogen-bond acceptors (Lipinski definition) is 7. The topological polar surface area (TPSA) is 140 Å². The molecule has 0 saturated carbocycles. The summed E-state index contributed by atoms with van der Waals surface area (Å²) in [7, 11) is -1.88. The van der Waals surface area contributed by atoms with Gasteiger partial charge in [-0.15, -0.1) is 10.8 Å². The molecule has 33 heavy (non-hydrogen) atoms. The lowest BCUT2D eigenvalue weighted by Gasteiger charge is -2.57. The van der Waals surface area contributed by atoms with Crippen LogP contribution in [0.3, 0.4) is 0 Å². The second-order valence-corrected chi connectivity index (χ2v) is 10.0. The van der Waals surface area contributed by atoms with Crippen molar-refractivity contribution < 1.29 is 32.2 Å². The van der Waals surface area contributed by atoms with Crippen LogP contribution in [0.15, 0.2) is 36.5 Å². The number of carbonyl (C=O) groups is 1. The largest absolute Gasteiger partial charge is 0.493 e. The highest BCUT2D eigenvalue weighted by atomic mass is 32.3. The predicted molar refractivity (Wildman–Crippen MR) is 118 cm³/mol. The summed E-state index contributed by atoms with van der Waals surface area (Å²) in [6.45, 7) is -0.990. The van der Waals surface area contributed by atoms with Gasteiger partial charge < -0.3 is 20.1 Å². The Morgan fingerprint density at radius 1 is 1.42 bits per heavy atom. The standard InChI is InChI=1S/C20H23F2N5O5S/c1-20-13-9-11(25-17(28)14-5-4-12(10-24-14)32-18(21)22)3-6-15(13)31-8-7-16(20)33(29,30)27(2)19(23)26-20/h3-6,9-10,16,18,29-30H,7-8H2,1-2H3,(H2,23,26)(H,25,28)/t16-,20+/m0/s1. The molecular weight excluding hydrogens is 460 g/mol. The fraction of sp³-hybridized carbons (Fsp3) is 0.350. The van der Waals surface area contributed by atoms with Gasteiger partial charge in [-0.2, -0.15) is 8.78 Å². The fourth-order valence-corrected chi connectivity index (χ4v) is 5.96. The molecule has 2 atom stereocenters. The lowest BCUT2D eigenvalue weighted by Crippen LogP contribution is -2.63. The van der Waals surface area contributed by atoms with Gasteiger partial charge in [0.2, 0.25) is 5.96 Å². The molecule has 3 heterocycles. The lowest BCUT2D eigenvalue weighted by molar-refractivity contribution is -0.0500. The number of fused-ring (bicyclic) bond motifs is 3. The predicted octanol–water partition coefficient (Wildman–Crippen LogP) is 3.44. The Labute approximate surface area is 189 Å². The smallest absolute Gasteiger partial charge is 0.387 e. The van der Waals surface area contributed by atoms with E-state index in [2.05, 4.69) is 20.4 Å². The molecule has 1 aromatic heterocycles. The van der Waals surface area contributed by atoms with Gasteiger partial charge >= 0.3 is 6.61 Å². The minimum atomic E-state index is -3.32. The zero-order valence-corrected chi connectivity index (χ0v) is 18.5. The first-order valence-corrected chi connectivity index (χ1v) is 11.5. The summed E-state index contributed by atoms with van der Waals surface area (Å²) in [6, 6.07) is 7.38. The van der Waals surface area contributed by atoms with E-state index in [1.807, 2.05) is 0 Å². The highest BCUT2D eigenvalue weighted by molar-refractivity contribution is 8.23. The van der Waals surface area contributed by atoms with Crippen molar-refractivity contribution in [1.82, 2.24) is 14.6 Å². The van der Waals surface area contributed by atoms with Crippen LogP contribution in [0.25, 0.3) is 0 Å². The second-order valence-electron chi connectivity index (χ2n) is 7.78. The number of guanidine groups is 1. The number of ether oxygens (including phenoxy) is 2. The van der Waals surface area contributed by atoms with Gasteiger partial charge in [-0.05, 0) is 37.3 Å². The van der Waals surface area contributed by atoms with Gasteiger partial charge in [0.05, 0.1) is 23.6 Å². The molecule has 0 radical (unpaired) electrons. The number of alkyl halides is 2. The molecule has 2 aromatic rings. The molecule has 1 saturated heterocycles. The van der Waals surface area contributed by atoms with Crippen LogP contribution in [0.4, 0.5) is 14.5 Å². The van der Waals surface area contributed by atoms with Gasteiger partial charge in [-0.1, -0.05) is 0 Å². The first-order chi connectivity index (χ1) is 15.5. The summed E-state index contributed by atoms with van der Waals surface area (Å²) in [5.74, 6) is -0.406. The first kappa shape index (κ1) is 23.0. The molecule has 4 rings (SSSR count). The zero-order valence-electron chi connectivity index (χ0n) is 17.7. The van der Waals surface area contributed by atoms with Crippen molar-refractivity contribution in [3.8, 4) is 11.5 Å². The lowest BCUT2D eigenvalue weighted by atomic mass is 9.86. The Bertz CT molecular complexity index is 1090. The fourth-order valence-electron chi connectivity index (χ4n) is 4.03. The number of amides is 1. The molecule has 0 spiro atoms. The van der Waals surface area contributed by atoms with Crippen molar-refractivity contribution in [3.05, 3.63) is 47.8 Å². The molecule has 0 aliphatic carbocycles. The molecule has 1 fully saturated rings. The molecule has 0 bridgehead atoms. The van der Waals surface area contributed by atoms with Crippen LogP contribution >= 0.6 is 10.8 Å². The van der Waals surface area contributed by atoms with Gasteiger partial charge in [0.15, 0.2) is 0 Å². The van der Waals surface area contributed by atoms with E-state index in [0.29, 0.717) is 23.4 Å². The Morgan fingerprint density at radius 2 is 2.18 bits per heavy atom. The monoisotopic (exact) mass is 483 g/mol. The van der Waals surface area contributed by atoms with Crippen LogP contribution in [0.2, 0.25) is 0 Å². The van der Waals surface area contributed by atoms with Crippen LogP contribution in [0, 0.1) is 5.41 Å². The first-order valence-electron chi connectivity index (χ1n) is 9.89. The van der Waals surface area contributed by atoms with Crippen LogP contribution in [-0.2, 0) is 5.54 Å². The quantitative estimate of drug-likeness (QED) is 0.446. The van der Waals surface area contributed by atoms with E-state index < -0.39 is 34.1 Å². The van der Waals surface area contributed by atoms with E-state index in [1.54, 1.807) is 25.1 Å². The van der Waals surface area contributed by atoms with Crippen molar-refractivity contribution >= 4 is 28.3 Å². The summed E-state index contributed by atoms with van der Waals surface area (Å²) in [4.78, 5) is 16.5. The maximum Gasteiger partial charge on any atom is 0.387 e. The highest BCUT2D eigenvalue weighted by Gasteiger charge is 2.53. The number of rotatable bonds is 4. The summed E-state index contributed by atoms with van der Waals surface area (Å²) in [6.07, 6.45) is 1.35. The Morgan fingerprint density at radius 3 is 2.85 bits per heavy atom. The number of carbonyl (C=O) groups excluding carboxylic acids is 1. The third-order valence-corrected chi connectivity index (χ3v) is 8.21. The highest BCUT2D eigenvalue weighted by Crippen LogP contribution is 2.59. The molecule has 1 amide bonds. The van der Waals surface area contributed by atoms with Crippen LogP contribution < -0.4 is 20.1 Å². The molecule has 1 aromatic carbocycles. The number of nitrogens with zero attached hydrogens (tertiary/aromatic N) is 2. The number of aromatic nitrogens is 1. The minimum absolute atomic E-state index is 0.0136. The van der Waals surface area contributed by atoms with Crippen molar-refractivity contribution in [2.75, 3.05) is 19.0 Å². The van der Waals surface area contributed by atoms with E-state index in [9.17, 15) is 22.7 Å². The summed E-state index contributed by atoms with van der Waals surface area (Å²) in [5.41, 5.74) is -0.140. The van der Waals surface area contributed by atoms with Gasteiger partial charge in [0.1, 0.15) is 17.2 Å². The van der Waals surface area contributed by atoms with E-state index in [0.717, 1.165) is 10.5 Å². The van der Waals surface area contributed by atoms with E-state index in [-0.39, 0.29) is 24.0 Å². The number of hydrogen-bond donors (Lipinski definition) is 5. The summed E-state index contributed by atoms with van der Waals surface area (Å²) >= 11 is 0. The van der Waals surface area contributed by atoms with Crippen LogP contribution in [-0.4, -0.2) is 55.8 Å². The van der Waals surface area contributed by atoms with Crippen LogP contribution in [0.1, 0.15) is 29.4 Å². The molecule has 13 heteroatoms. The van der Waals surface area contributed by atoms with E-state index in [4.69, 9.17) is 10.1 Å². The van der Waals surface area contributed by atoms with Crippen LogP contribution in [0.5, 0.6) is 11.5 Å². The average Bonchev–Trinajstić information content (AvgIpc) is 2.89. The Hall–Kier alpha value is -3.16. The SMILES string of the molecule is CN1C(=N)N[C@]2(C)c3cc(NC(=O)c4ccc(OC(F)F)cn4)ccc3OCC[C@@H]2S1(O)O. The van der Waals surface area contributed by atoms with Gasteiger partial charge in [-0.25, -0.2) is 9.29 Å². The minimum Gasteiger partial charge on any atom is -0.493 e. The third kappa shape index (κ3) is 4.14. The summed E-state index contributed by atoms with van der Waals surface area (Å²) in [5, 5.41) is 13.3. The molecule has 0 unspecified atom stereocenters. The maximum atomic E-state index is 12.6. The molecule has 10 nitrogen and oxygen atoms in total. The third-order valence-electron chi connectivity index (χ3n) is 5.75. The number of nitrogens with one attached hydrogen (secondary N) is 3. The Kier molecular flexibility index (Phi) is 5.80. The number of halogens is 2. The van der Waals surface area contributed by atoms with Gasteiger partial charge in [0.25, 0.3) is 5.91 Å². The van der Waals surface area contributed by atoms with E-state index in [1.165, 1.54) is 19.2 Å². The normalized spacial score (nSPS) is 24.5. The Balaban J connectivity index is 1.63. The molecule has 178 valence electrons. The second kappa shape index (κ2) is 8.32. The summed E-state index contributed by atoms with van der Waals surface area (Å²) < 4.78 is 57.5. The number of benzene rings is 1. The molecular formula is C20H23F2N5O5S. The van der Waals surface area contributed by atoms with Crippen molar-refractivity contribution in [2.24, 2.45) is 0 Å². The molecule has 2 aliphatic rings. The molecule has 5 N–H and O–H groups in total. The van der Waals surface area contributed by atoms with Crippen molar-refractivity contribution in [3.63, 3.8) is 0 Å². The van der Waals surface area contributed by atoms with Crippen molar-refractivity contribution in [2.45, 2.75) is 30.7 Å². The zero-order chi connectivity index (χ0) is 24.0. The molecule has 2 aliphatic heterocycles. The maximum absolute atomic E-state index is 12.6. The average molecular weight is 483 g/mol. The number of anilines is 1. The van der Waals surface area contributed by atoms with Gasteiger partial charge in [-0.3, -0.25) is 19.3 Å². The number of pyridine rings is 1. The van der Waals surface area contributed by atoms with E-state index >= 15 is 0 Å².